The van der Waals surface area contributed by atoms with Crippen molar-refractivity contribution in [3.63, 3.8) is 0 Å². The largest absolute Gasteiger partial charge is 0.350 e. The lowest BCUT2D eigenvalue weighted by molar-refractivity contribution is -0.286. The minimum atomic E-state index is -1.31. The van der Waals surface area contributed by atoms with Gasteiger partial charge in [0.1, 0.15) is 12.2 Å². The zero-order valence-corrected chi connectivity index (χ0v) is 19.2. The van der Waals surface area contributed by atoms with Crippen LogP contribution in [0.15, 0.2) is 18.6 Å². The van der Waals surface area contributed by atoms with Crippen LogP contribution in [0.25, 0.3) is 0 Å². The summed E-state index contributed by atoms with van der Waals surface area (Å²) in [5, 5.41) is 3.79. The molecule has 4 rings (SSSR count). The highest BCUT2D eigenvalue weighted by molar-refractivity contribution is 5.97. The predicted molar refractivity (Wildman–Crippen MR) is 119 cm³/mol. The lowest BCUT2D eigenvalue weighted by Gasteiger charge is -2.33. The van der Waals surface area contributed by atoms with E-state index in [1.165, 1.54) is 28.6 Å². The molecule has 1 aromatic rings. The molecule has 1 aliphatic carbocycles. The van der Waals surface area contributed by atoms with Crippen LogP contribution in [0.2, 0.25) is 0 Å². The molecule has 10 nitrogen and oxygen atoms in total. The molecule has 4 atom stereocenters. The Balaban J connectivity index is 1.41. The number of ether oxygens (including phenoxy) is 1. The molecule has 11 heteroatoms. The van der Waals surface area contributed by atoms with Gasteiger partial charge >= 0.3 is 0 Å². The second-order valence-corrected chi connectivity index (χ2v) is 9.22. The molecule has 1 aromatic heterocycles. The van der Waals surface area contributed by atoms with Crippen LogP contribution in [-0.2, 0) is 24.0 Å². The molecule has 0 radical (unpaired) electrons. The van der Waals surface area contributed by atoms with Crippen molar-refractivity contribution in [3.8, 4) is 0 Å². The molecule has 2 saturated heterocycles. The van der Waals surface area contributed by atoms with Crippen LogP contribution in [0, 0.1) is 5.92 Å². The van der Waals surface area contributed by atoms with Crippen LogP contribution in [0.4, 0.5) is 10.2 Å². The van der Waals surface area contributed by atoms with Crippen molar-refractivity contribution in [2.24, 2.45) is 5.92 Å². The second kappa shape index (κ2) is 11.7. The summed E-state index contributed by atoms with van der Waals surface area (Å²) in [6.45, 7) is 0.400. The van der Waals surface area contributed by atoms with E-state index in [1.54, 1.807) is 0 Å². The molecule has 186 valence electrons. The van der Waals surface area contributed by atoms with Crippen molar-refractivity contribution in [1.29, 1.82) is 0 Å². The number of likely N-dealkylation sites (tertiary alicyclic amines) is 1. The van der Waals surface area contributed by atoms with Gasteiger partial charge in [-0.2, -0.15) is 0 Å². The van der Waals surface area contributed by atoms with Gasteiger partial charge in [0.05, 0.1) is 18.8 Å². The lowest BCUT2D eigenvalue weighted by atomic mass is 10.0. The Kier molecular flexibility index (Phi) is 8.39. The first-order valence-electron chi connectivity index (χ1n) is 12.1. The molecule has 34 heavy (non-hydrogen) atoms. The lowest BCUT2D eigenvalue weighted by Crippen LogP contribution is -2.47. The van der Waals surface area contributed by atoms with E-state index in [2.05, 4.69) is 15.3 Å². The van der Waals surface area contributed by atoms with Crippen LogP contribution in [-0.4, -0.2) is 75.9 Å². The van der Waals surface area contributed by atoms with Gasteiger partial charge in [0.2, 0.25) is 18.2 Å². The summed E-state index contributed by atoms with van der Waals surface area (Å²) in [5.41, 5.74) is 0. The summed E-state index contributed by atoms with van der Waals surface area (Å²) in [5.74, 6) is -0.0648. The monoisotopic (exact) mass is 477 g/mol. The van der Waals surface area contributed by atoms with Crippen LogP contribution in [0.5, 0.6) is 0 Å². The fraction of sp³-hybridized carbons (Fsp3) is 0.696. The molecule has 2 aliphatic heterocycles. The summed E-state index contributed by atoms with van der Waals surface area (Å²) >= 11 is 0. The van der Waals surface area contributed by atoms with E-state index in [-0.39, 0.29) is 31.1 Å². The number of rotatable bonds is 11. The Morgan fingerprint density at radius 2 is 2.18 bits per heavy atom. The summed E-state index contributed by atoms with van der Waals surface area (Å²) < 4.78 is 19.9. The first-order chi connectivity index (χ1) is 16.5. The van der Waals surface area contributed by atoms with Gasteiger partial charge in [-0.3, -0.25) is 19.4 Å². The Morgan fingerprint density at radius 1 is 1.32 bits per heavy atom. The first-order valence-corrected chi connectivity index (χ1v) is 12.1. The number of anilines is 1. The minimum Gasteiger partial charge on any atom is -0.350 e. The molecule has 3 fully saturated rings. The van der Waals surface area contributed by atoms with E-state index in [0.717, 1.165) is 32.1 Å². The van der Waals surface area contributed by atoms with E-state index in [1.807, 2.05) is 0 Å². The molecular weight excluding hydrogens is 445 g/mol. The van der Waals surface area contributed by atoms with E-state index in [9.17, 15) is 18.8 Å². The molecule has 3 heterocycles. The maximum atomic E-state index is 14.3. The smallest absolute Gasteiger partial charge is 0.248 e. The standard InChI is InChI=1S/C23H32FN5O5/c24-17-11-19(23(32)27-20-13-25-8-9-26-20)28(14-17)21(31)12-18(7-6-16-4-5-16)29(15-30)34-22-3-1-2-10-33-22/h8-9,13,15-19,22H,1-7,10-12,14H2,(H,26,27,32). The van der Waals surface area contributed by atoms with Gasteiger partial charge in [-0.15, -0.1) is 0 Å². The Morgan fingerprint density at radius 3 is 2.85 bits per heavy atom. The van der Waals surface area contributed by atoms with Gasteiger partial charge in [0, 0.05) is 38.3 Å². The number of hydrogen-bond acceptors (Lipinski definition) is 7. The molecule has 4 unspecified atom stereocenters. The van der Waals surface area contributed by atoms with E-state index < -0.39 is 30.5 Å². The molecule has 1 N–H and O–H groups in total. The maximum absolute atomic E-state index is 14.3. The van der Waals surface area contributed by atoms with Gasteiger partial charge in [-0.25, -0.2) is 19.3 Å². The maximum Gasteiger partial charge on any atom is 0.248 e. The fourth-order valence-electron chi connectivity index (χ4n) is 4.48. The Bertz CT molecular complexity index is 836. The highest BCUT2D eigenvalue weighted by Crippen LogP contribution is 2.35. The number of nitrogens with one attached hydrogen (secondary N) is 1. The molecule has 1 saturated carbocycles. The van der Waals surface area contributed by atoms with Crippen LogP contribution in [0.3, 0.4) is 0 Å². The third kappa shape index (κ3) is 6.69. The third-order valence-electron chi connectivity index (χ3n) is 6.54. The highest BCUT2D eigenvalue weighted by atomic mass is 19.1. The topological polar surface area (TPSA) is 114 Å². The highest BCUT2D eigenvalue weighted by Gasteiger charge is 2.41. The average molecular weight is 478 g/mol. The molecule has 3 aliphatic rings. The zero-order valence-electron chi connectivity index (χ0n) is 19.2. The van der Waals surface area contributed by atoms with Crippen molar-refractivity contribution < 1.29 is 28.3 Å². The summed E-state index contributed by atoms with van der Waals surface area (Å²) in [6.07, 6.45) is 9.22. The van der Waals surface area contributed by atoms with Crippen molar-refractivity contribution in [2.45, 2.75) is 82.3 Å². The second-order valence-electron chi connectivity index (χ2n) is 9.22. The summed E-state index contributed by atoms with van der Waals surface area (Å²) in [4.78, 5) is 52.9. The fourth-order valence-corrected chi connectivity index (χ4v) is 4.48. The summed E-state index contributed by atoms with van der Waals surface area (Å²) in [7, 11) is 0. The van der Waals surface area contributed by atoms with Gasteiger partial charge in [0.25, 0.3) is 0 Å². The van der Waals surface area contributed by atoms with Crippen molar-refractivity contribution in [2.75, 3.05) is 18.5 Å². The number of hydroxylamine groups is 2. The molecule has 0 spiro atoms. The van der Waals surface area contributed by atoms with Gasteiger partial charge in [-0.1, -0.05) is 12.8 Å². The third-order valence-corrected chi connectivity index (χ3v) is 6.54. The number of halogens is 1. The average Bonchev–Trinajstić information content (AvgIpc) is 3.60. The van der Waals surface area contributed by atoms with Crippen molar-refractivity contribution in [1.82, 2.24) is 19.9 Å². The van der Waals surface area contributed by atoms with Crippen LogP contribution >= 0.6 is 0 Å². The SMILES string of the molecule is O=CN(OC1CCCCO1)C(CCC1CC1)CC(=O)N1CC(F)CC1C(=O)Nc1cnccn1. The number of alkyl halides is 1. The molecular formula is C23H32FN5O5. The number of amides is 3. The van der Waals surface area contributed by atoms with Crippen LogP contribution < -0.4 is 5.32 Å². The van der Waals surface area contributed by atoms with Gasteiger partial charge in [0.15, 0.2) is 12.1 Å². The van der Waals surface area contributed by atoms with Gasteiger partial charge in [-0.05, 0) is 31.6 Å². The summed E-state index contributed by atoms with van der Waals surface area (Å²) in [6, 6.07) is -1.47. The van der Waals surface area contributed by atoms with Crippen molar-refractivity contribution >= 4 is 24.0 Å². The van der Waals surface area contributed by atoms with E-state index in [4.69, 9.17) is 9.57 Å². The first kappa shape index (κ1) is 24.5. The number of nitrogens with zero attached hydrogens (tertiary/aromatic N) is 4. The van der Waals surface area contributed by atoms with Crippen molar-refractivity contribution in [3.05, 3.63) is 18.6 Å². The Labute approximate surface area is 198 Å². The van der Waals surface area contributed by atoms with E-state index >= 15 is 0 Å². The predicted octanol–water partition coefficient (Wildman–Crippen LogP) is 2.22. The van der Waals surface area contributed by atoms with E-state index in [0.29, 0.717) is 31.8 Å². The minimum absolute atomic E-state index is 0.0557. The van der Waals surface area contributed by atoms with Crippen LogP contribution in [0.1, 0.15) is 57.8 Å². The zero-order chi connectivity index (χ0) is 23.9. The van der Waals surface area contributed by atoms with Gasteiger partial charge < -0.3 is 15.0 Å². The molecule has 3 amide bonds. The number of hydrogen-bond donors (Lipinski definition) is 1. The number of carbonyl (C=O) groups excluding carboxylic acids is 3. The quantitative estimate of drug-likeness (QED) is 0.384. The molecule has 0 aromatic carbocycles. The normalized spacial score (nSPS) is 25.6. The Hall–Kier alpha value is -2.66. The number of aromatic nitrogens is 2. The molecule has 0 bridgehead atoms. The number of carbonyl (C=O) groups is 3.